The first-order chi connectivity index (χ1) is 10.1. The van der Waals surface area contributed by atoms with Crippen molar-refractivity contribution in [2.45, 2.75) is 45.3 Å². The summed E-state index contributed by atoms with van der Waals surface area (Å²) in [7, 11) is -2.92. The van der Waals surface area contributed by atoms with Gasteiger partial charge in [-0.15, -0.1) is 0 Å². The molecule has 0 aliphatic rings. The molecule has 0 aromatic heterocycles. The standard InChI is InChI=1S/C12H23F5O4Si/c1-4-19-22(20-5-2,21-6-3)9-7-8-18-10-11(13,14)12(15,16)17/h4-10H2,1-3H3. The summed E-state index contributed by atoms with van der Waals surface area (Å²) in [6.45, 7) is 4.43. The smallest absolute Gasteiger partial charge is 0.375 e. The summed E-state index contributed by atoms with van der Waals surface area (Å²) in [5.41, 5.74) is 0. The van der Waals surface area contributed by atoms with Crippen molar-refractivity contribution in [2.24, 2.45) is 0 Å². The van der Waals surface area contributed by atoms with Gasteiger partial charge in [0, 0.05) is 32.5 Å². The van der Waals surface area contributed by atoms with Gasteiger partial charge in [0.25, 0.3) is 0 Å². The first kappa shape index (κ1) is 21.7. The van der Waals surface area contributed by atoms with Crippen molar-refractivity contribution >= 4 is 8.80 Å². The van der Waals surface area contributed by atoms with Crippen molar-refractivity contribution in [2.75, 3.05) is 33.0 Å². The number of hydrogen-bond acceptors (Lipinski definition) is 4. The molecule has 0 aromatic carbocycles. The van der Waals surface area contributed by atoms with Crippen LogP contribution in [0.15, 0.2) is 0 Å². The topological polar surface area (TPSA) is 36.9 Å². The van der Waals surface area contributed by atoms with Gasteiger partial charge in [-0.1, -0.05) is 0 Å². The lowest BCUT2D eigenvalue weighted by atomic mass is 10.3. The summed E-state index contributed by atoms with van der Waals surface area (Å²) in [4.78, 5) is 0. The van der Waals surface area contributed by atoms with Crippen LogP contribution in [0.3, 0.4) is 0 Å². The van der Waals surface area contributed by atoms with E-state index < -0.39 is 27.5 Å². The van der Waals surface area contributed by atoms with Crippen LogP contribution in [0.4, 0.5) is 22.0 Å². The second kappa shape index (κ2) is 9.76. The Labute approximate surface area is 128 Å². The van der Waals surface area contributed by atoms with Crippen LogP contribution < -0.4 is 0 Å². The summed E-state index contributed by atoms with van der Waals surface area (Å²) in [6.07, 6.45) is -5.40. The number of halogens is 5. The molecule has 0 aliphatic heterocycles. The van der Waals surface area contributed by atoms with Crippen molar-refractivity contribution in [3.05, 3.63) is 0 Å². The monoisotopic (exact) mass is 354 g/mol. The molecule has 0 bridgehead atoms. The van der Waals surface area contributed by atoms with Gasteiger partial charge >= 0.3 is 20.9 Å². The minimum atomic E-state index is -5.60. The van der Waals surface area contributed by atoms with Gasteiger partial charge in [0.1, 0.15) is 6.61 Å². The average molecular weight is 354 g/mol. The third-order valence-electron chi connectivity index (χ3n) is 2.56. The molecule has 0 saturated carbocycles. The number of rotatable bonds is 12. The molecule has 0 aliphatic carbocycles. The summed E-state index contributed by atoms with van der Waals surface area (Å²) in [5.74, 6) is -4.85. The maximum atomic E-state index is 12.6. The summed E-state index contributed by atoms with van der Waals surface area (Å²) in [6, 6.07) is 0.292. The van der Waals surface area contributed by atoms with E-state index in [1.807, 2.05) is 0 Å². The lowest BCUT2D eigenvalue weighted by Gasteiger charge is -2.28. The van der Waals surface area contributed by atoms with Crippen LogP contribution in [0.5, 0.6) is 0 Å². The first-order valence-electron chi connectivity index (χ1n) is 7.08. The van der Waals surface area contributed by atoms with Gasteiger partial charge in [-0.25, -0.2) is 0 Å². The van der Waals surface area contributed by atoms with E-state index in [1.54, 1.807) is 20.8 Å². The molecule has 4 nitrogen and oxygen atoms in total. The molecule has 0 heterocycles. The fourth-order valence-corrected chi connectivity index (χ4v) is 4.25. The molecule has 0 unspecified atom stereocenters. The van der Waals surface area contributed by atoms with E-state index in [0.717, 1.165) is 0 Å². The van der Waals surface area contributed by atoms with E-state index in [0.29, 0.717) is 25.9 Å². The van der Waals surface area contributed by atoms with Crippen molar-refractivity contribution in [3.63, 3.8) is 0 Å². The Morgan fingerprint density at radius 2 is 1.27 bits per heavy atom. The second-order valence-electron chi connectivity index (χ2n) is 4.34. The molecule has 0 aromatic rings. The second-order valence-corrected chi connectivity index (χ2v) is 7.07. The molecule has 0 radical (unpaired) electrons. The van der Waals surface area contributed by atoms with Crippen LogP contribution >= 0.6 is 0 Å². The molecular weight excluding hydrogens is 331 g/mol. The van der Waals surface area contributed by atoms with Gasteiger partial charge in [-0.2, -0.15) is 22.0 Å². The fourth-order valence-electron chi connectivity index (χ4n) is 1.67. The Balaban J connectivity index is 4.28. The highest BCUT2D eigenvalue weighted by molar-refractivity contribution is 6.60. The third kappa shape index (κ3) is 7.31. The predicted octanol–water partition coefficient (Wildman–Crippen LogP) is 3.64. The number of alkyl halides is 5. The van der Waals surface area contributed by atoms with E-state index in [9.17, 15) is 22.0 Å². The zero-order chi connectivity index (χ0) is 17.3. The Bertz CT molecular complexity index is 285. The average Bonchev–Trinajstić information content (AvgIpc) is 2.37. The van der Waals surface area contributed by atoms with E-state index in [2.05, 4.69) is 4.74 Å². The van der Waals surface area contributed by atoms with Crippen LogP contribution in [0.1, 0.15) is 27.2 Å². The van der Waals surface area contributed by atoms with Crippen LogP contribution in [-0.2, 0) is 18.0 Å². The fraction of sp³-hybridized carbons (Fsp3) is 1.00. The van der Waals surface area contributed by atoms with Gasteiger partial charge in [-0.05, 0) is 27.2 Å². The Morgan fingerprint density at radius 1 is 0.818 bits per heavy atom. The molecule has 0 amide bonds. The highest BCUT2D eigenvalue weighted by atomic mass is 28.4. The molecule has 0 rings (SSSR count). The lowest BCUT2D eigenvalue weighted by Crippen LogP contribution is -2.46. The van der Waals surface area contributed by atoms with E-state index in [4.69, 9.17) is 13.3 Å². The Hall–Kier alpha value is -0.293. The molecular formula is C12H23F5O4Si. The molecule has 0 N–H and O–H groups in total. The molecule has 0 atom stereocenters. The first-order valence-corrected chi connectivity index (χ1v) is 9.01. The highest BCUT2D eigenvalue weighted by Gasteiger charge is 2.57. The van der Waals surface area contributed by atoms with Crippen molar-refractivity contribution in [1.82, 2.24) is 0 Å². The number of ether oxygens (including phenoxy) is 1. The Kier molecular flexibility index (Phi) is 9.63. The highest BCUT2D eigenvalue weighted by Crippen LogP contribution is 2.35. The summed E-state index contributed by atoms with van der Waals surface area (Å²) >= 11 is 0. The van der Waals surface area contributed by atoms with Crippen LogP contribution in [0, 0.1) is 0 Å². The molecule has 22 heavy (non-hydrogen) atoms. The summed E-state index contributed by atoms with van der Waals surface area (Å²) in [5, 5.41) is 0. The molecule has 10 heteroatoms. The van der Waals surface area contributed by atoms with Gasteiger partial charge in [0.15, 0.2) is 0 Å². The zero-order valence-corrected chi connectivity index (χ0v) is 14.0. The van der Waals surface area contributed by atoms with E-state index >= 15 is 0 Å². The van der Waals surface area contributed by atoms with E-state index in [1.165, 1.54) is 0 Å². The van der Waals surface area contributed by atoms with Crippen molar-refractivity contribution in [3.8, 4) is 0 Å². The quantitative estimate of drug-likeness (QED) is 0.305. The molecule has 0 fully saturated rings. The number of hydrogen-bond donors (Lipinski definition) is 0. The van der Waals surface area contributed by atoms with Gasteiger partial charge in [-0.3, -0.25) is 0 Å². The van der Waals surface area contributed by atoms with E-state index in [-0.39, 0.29) is 13.0 Å². The van der Waals surface area contributed by atoms with Gasteiger partial charge in [0.05, 0.1) is 0 Å². The maximum Gasteiger partial charge on any atom is 0.501 e. The van der Waals surface area contributed by atoms with Crippen LogP contribution in [0.2, 0.25) is 6.04 Å². The third-order valence-corrected chi connectivity index (χ3v) is 5.71. The normalized spacial score (nSPS) is 13.6. The van der Waals surface area contributed by atoms with Crippen LogP contribution in [0.25, 0.3) is 0 Å². The molecule has 0 saturated heterocycles. The zero-order valence-electron chi connectivity index (χ0n) is 13.0. The molecule has 0 spiro atoms. The van der Waals surface area contributed by atoms with Crippen LogP contribution in [-0.4, -0.2) is 53.9 Å². The van der Waals surface area contributed by atoms with Crippen molar-refractivity contribution in [1.29, 1.82) is 0 Å². The lowest BCUT2D eigenvalue weighted by molar-refractivity contribution is -0.296. The predicted molar refractivity (Wildman–Crippen MR) is 71.9 cm³/mol. The largest absolute Gasteiger partial charge is 0.501 e. The van der Waals surface area contributed by atoms with Crippen molar-refractivity contribution < 1.29 is 40.0 Å². The van der Waals surface area contributed by atoms with Gasteiger partial charge < -0.3 is 18.0 Å². The maximum absolute atomic E-state index is 12.6. The minimum absolute atomic E-state index is 0.208. The van der Waals surface area contributed by atoms with Gasteiger partial charge in [0.2, 0.25) is 0 Å². The Morgan fingerprint density at radius 3 is 1.64 bits per heavy atom. The summed E-state index contributed by atoms with van der Waals surface area (Å²) < 4.78 is 82.1. The SMILES string of the molecule is CCO[Si](CCCOCC(F)(F)C(F)(F)F)(OCC)OCC. The molecule has 134 valence electrons. The minimum Gasteiger partial charge on any atom is -0.375 e.